The number of aromatic nitrogens is 1. The maximum atomic E-state index is 10.9. The van der Waals surface area contributed by atoms with Crippen molar-refractivity contribution in [1.82, 2.24) is 4.98 Å². The lowest BCUT2D eigenvalue weighted by atomic mass is 10.1. The fourth-order valence-electron chi connectivity index (χ4n) is 2.70. The molecule has 0 saturated carbocycles. The third kappa shape index (κ3) is 5.28. The first-order valence-electron chi connectivity index (χ1n) is 8.78. The predicted octanol–water partition coefficient (Wildman–Crippen LogP) is 5.66. The van der Waals surface area contributed by atoms with Gasteiger partial charge in [-0.25, -0.2) is 4.98 Å². The maximum Gasteiger partial charge on any atom is 0.303 e. The molecule has 3 aromatic rings. The zero-order valence-corrected chi connectivity index (χ0v) is 15.7. The highest BCUT2D eigenvalue weighted by Crippen LogP contribution is 2.31. The summed E-state index contributed by atoms with van der Waals surface area (Å²) in [5.74, 6) is 0.0156. The molecule has 27 heavy (non-hydrogen) atoms. The Balaban J connectivity index is 1.87. The van der Waals surface area contributed by atoms with Gasteiger partial charge >= 0.3 is 5.97 Å². The van der Waals surface area contributed by atoms with E-state index in [1.165, 1.54) is 0 Å². The number of carboxylic acids is 1. The van der Waals surface area contributed by atoms with E-state index < -0.39 is 5.97 Å². The molecule has 1 N–H and O–H groups in total. The van der Waals surface area contributed by atoms with Gasteiger partial charge < -0.3 is 9.84 Å². The molecular weight excluding hydrogens is 358 g/mol. The van der Waals surface area contributed by atoms with Crippen LogP contribution in [0.1, 0.15) is 29.8 Å². The molecule has 0 unspecified atom stereocenters. The Morgan fingerprint density at radius 1 is 1.15 bits per heavy atom. The summed E-state index contributed by atoms with van der Waals surface area (Å²) in [5.41, 5.74) is 3.05. The summed E-state index contributed by atoms with van der Waals surface area (Å²) in [6.45, 7) is 4.12. The molecule has 0 fully saturated rings. The van der Waals surface area contributed by atoms with Gasteiger partial charge in [0.25, 0.3) is 0 Å². The standard InChI is InChI=1S/C22H21NO3S/c1-2-14-26-18-12-10-16(11-13-18)15-17(6-5-9-21(24)25)22-23-19-7-3-4-8-20(19)27-22/h2-4,7-8,10-13,15H,1,5-6,9,14H2,(H,24,25)/b17-15+. The van der Waals surface area contributed by atoms with Crippen molar-refractivity contribution in [3.63, 3.8) is 0 Å². The van der Waals surface area contributed by atoms with Gasteiger partial charge in [0, 0.05) is 6.42 Å². The summed E-state index contributed by atoms with van der Waals surface area (Å²) in [4.78, 5) is 15.6. The molecule has 0 aliphatic heterocycles. The molecule has 0 atom stereocenters. The van der Waals surface area contributed by atoms with Crippen molar-refractivity contribution < 1.29 is 14.6 Å². The van der Waals surface area contributed by atoms with Gasteiger partial charge in [-0.1, -0.05) is 36.9 Å². The number of benzene rings is 2. The monoisotopic (exact) mass is 379 g/mol. The lowest BCUT2D eigenvalue weighted by Gasteiger charge is -2.06. The molecule has 138 valence electrons. The summed E-state index contributed by atoms with van der Waals surface area (Å²) >= 11 is 1.64. The molecule has 5 heteroatoms. The third-order valence-corrected chi connectivity index (χ3v) is 5.11. The largest absolute Gasteiger partial charge is 0.490 e. The second-order valence-electron chi connectivity index (χ2n) is 6.07. The molecule has 0 amide bonds. The number of allylic oxidation sites excluding steroid dienone is 1. The van der Waals surface area contributed by atoms with Crippen LogP contribution in [-0.4, -0.2) is 22.7 Å². The SMILES string of the molecule is C=CCOc1ccc(/C=C(\CCCC(=O)O)c2nc3ccccc3s2)cc1. The van der Waals surface area contributed by atoms with Crippen LogP contribution in [0.25, 0.3) is 21.9 Å². The van der Waals surface area contributed by atoms with Crippen LogP contribution >= 0.6 is 11.3 Å². The van der Waals surface area contributed by atoms with Crippen molar-refractivity contribution in [1.29, 1.82) is 0 Å². The molecule has 4 nitrogen and oxygen atoms in total. The summed E-state index contributed by atoms with van der Waals surface area (Å²) in [7, 11) is 0. The van der Waals surface area contributed by atoms with Crippen LogP contribution in [0.4, 0.5) is 0 Å². The van der Waals surface area contributed by atoms with Gasteiger partial charge in [0.05, 0.1) is 10.2 Å². The minimum Gasteiger partial charge on any atom is -0.490 e. The minimum absolute atomic E-state index is 0.149. The predicted molar refractivity (Wildman–Crippen MR) is 111 cm³/mol. The van der Waals surface area contributed by atoms with Crippen molar-refractivity contribution in [3.8, 4) is 5.75 Å². The Morgan fingerprint density at radius 2 is 1.93 bits per heavy atom. The second kappa shape index (κ2) is 9.14. The van der Waals surface area contributed by atoms with E-state index in [0.717, 1.165) is 32.1 Å². The highest BCUT2D eigenvalue weighted by Gasteiger charge is 2.10. The van der Waals surface area contributed by atoms with Crippen molar-refractivity contribution in [3.05, 3.63) is 71.8 Å². The molecule has 2 aromatic carbocycles. The number of aliphatic carboxylic acids is 1. The van der Waals surface area contributed by atoms with Gasteiger partial charge in [0.15, 0.2) is 0 Å². The normalized spacial score (nSPS) is 11.5. The quantitative estimate of drug-likeness (QED) is 0.488. The molecule has 0 saturated heterocycles. The van der Waals surface area contributed by atoms with Crippen LogP contribution in [0.15, 0.2) is 61.2 Å². The van der Waals surface area contributed by atoms with Gasteiger partial charge in [-0.05, 0) is 54.3 Å². The zero-order valence-electron chi connectivity index (χ0n) is 14.9. The Hall–Kier alpha value is -2.92. The van der Waals surface area contributed by atoms with Crippen molar-refractivity contribution in [2.75, 3.05) is 6.61 Å². The smallest absolute Gasteiger partial charge is 0.303 e. The van der Waals surface area contributed by atoms with E-state index in [9.17, 15) is 4.79 Å². The maximum absolute atomic E-state index is 10.9. The lowest BCUT2D eigenvalue weighted by molar-refractivity contribution is -0.137. The molecule has 0 radical (unpaired) electrons. The number of carbonyl (C=O) groups is 1. The Morgan fingerprint density at radius 3 is 2.63 bits per heavy atom. The van der Waals surface area contributed by atoms with E-state index in [1.807, 2.05) is 42.5 Å². The van der Waals surface area contributed by atoms with Gasteiger partial charge in [-0.2, -0.15) is 0 Å². The van der Waals surface area contributed by atoms with E-state index in [0.29, 0.717) is 19.4 Å². The number of nitrogens with zero attached hydrogens (tertiary/aromatic N) is 1. The fraction of sp³-hybridized carbons (Fsp3) is 0.182. The van der Waals surface area contributed by atoms with Crippen LogP contribution < -0.4 is 4.74 Å². The average Bonchev–Trinajstić information content (AvgIpc) is 3.10. The van der Waals surface area contributed by atoms with Gasteiger partial charge in [0.1, 0.15) is 17.4 Å². The van der Waals surface area contributed by atoms with E-state index in [2.05, 4.69) is 18.7 Å². The number of thiazole rings is 1. The minimum atomic E-state index is -0.776. The zero-order chi connectivity index (χ0) is 19.1. The number of hydrogen-bond donors (Lipinski definition) is 1. The number of ether oxygens (including phenoxy) is 1. The van der Waals surface area contributed by atoms with Crippen molar-refractivity contribution >= 4 is 39.2 Å². The number of rotatable bonds is 9. The van der Waals surface area contributed by atoms with Gasteiger partial charge in [0.2, 0.25) is 0 Å². The highest BCUT2D eigenvalue weighted by molar-refractivity contribution is 7.19. The first-order valence-corrected chi connectivity index (χ1v) is 9.59. The number of fused-ring (bicyclic) bond motifs is 1. The highest BCUT2D eigenvalue weighted by atomic mass is 32.1. The van der Waals surface area contributed by atoms with Crippen LogP contribution in [0.5, 0.6) is 5.75 Å². The summed E-state index contributed by atoms with van der Waals surface area (Å²) in [6, 6.07) is 15.8. The first-order chi connectivity index (χ1) is 13.2. The molecule has 0 aliphatic rings. The topological polar surface area (TPSA) is 59.4 Å². The molecule has 3 rings (SSSR count). The number of para-hydroxylation sites is 1. The summed E-state index contributed by atoms with van der Waals surface area (Å²) in [6.07, 6.45) is 5.19. The van der Waals surface area contributed by atoms with Crippen LogP contribution in [0.2, 0.25) is 0 Å². The summed E-state index contributed by atoms with van der Waals surface area (Å²) < 4.78 is 6.65. The number of carboxylic acid groups (broad SMARTS) is 1. The molecule has 1 aromatic heterocycles. The Labute approximate surface area is 162 Å². The van der Waals surface area contributed by atoms with Crippen LogP contribution in [-0.2, 0) is 4.79 Å². The van der Waals surface area contributed by atoms with E-state index in [4.69, 9.17) is 14.8 Å². The fourth-order valence-corrected chi connectivity index (χ4v) is 3.71. The second-order valence-corrected chi connectivity index (χ2v) is 7.10. The molecule has 0 aliphatic carbocycles. The van der Waals surface area contributed by atoms with Crippen LogP contribution in [0, 0.1) is 0 Å². The third-order valence-electron chi connectivity index (χ3n) is 3.99. The molecular formula is C22H21NO3S. The molecule has 0 bridgehead atoms. The van der Waals surface area contributed by atoms with E-state index in [-0.39, 0.29) is 6.42 Å². The van der Waals surface area contributed by atoms with Crippen molar-refractivity contribution in [2.45, 2.75) is 19.3 Å². The average molecular weight is 379 g/mol. The lowest BCUT2D eigenvalue weighted by Crippen LogP contribution is -1.95. The molecule has 0 spiro atoms. The van der Waals surface area contributed by atoms with Gasteiger partial charge in [-0.15, -0.1) is 11.3 Å². The van der Waals surface area contributed by atoms with E-state index in [1.54, 1.807) is 17.4 Å². The molecule has 1 heterocycles. The Bertz CT molecular complexity index is 924. The number of hydrogen-bond acceptors (Lipinski definition) is 4. The van der Waals surface area contributed by atoms with Crippen LogP contribution in [0.3, 0.4) is 0 Å². The van der Waals surface area contributed by atoms with Crippen molar-refractivity contribution in [2.24, 2.45) is 0 Å². The summed E-state index contributed by atoms with van der Waals surface area (Å²) in [5, 5.41) is 9.89. The van der Waals surface area contributed by atoms with E-state index >= 15 is 0 Å². The van der Waals surface area contributed by atoms with Gasteiger partial charge in [-0.3, -0.25) is 4.79 Å². The first kappa shape index (κ1) is 18.9. The Kier molecular flexibility index (Phi) is 6.39.